The first-order valence-corrected chi connectivity index (χ1v) is 6.27. The summed E-state index contributed by atoms with van der Waals surface area (Å²) in [7, 11) is 1.98. The zero-order valence-electron chi connectivity index (χ0n) is 8.74. The Bertz CT molecular complexity index is 496. The molecule has 0 aliphatic carbocycles. The maximum Gasteiger partial charge on any atom is 0.127 e. The molecule has 84 valence electrons. The monoisotopic (exact) mass is 347 g/mol. The van der Waals surface area contributed by atoms with E-state index in [1.807, 2.05) is 36.0 Å². The van der Waals surface area contributed by atoms with Crippen molar-refractivity contribution in [3.05, 3.63) is 45.0 Å². The molecule has 0 aliphatic heterocycles. The van der Waals surface area contributed by atoms with Crippen molar-refractivity contribution in [2.75, 3.05) is 5.32 Å². The third-order valence-electron chi connectivity index (χ3n) is 2.29. The minimum absolute atomic E-state index is 0.709. The highest BCUT2D eigenvalue weighted by molar-refractivity contribution is 14.1. The van der Waals surface area contributed by atoms with Gasteiger partial charge in [-0.1, -0.05) is 11.6 Å². The Balaban J connectivity index is 2.08. The highest BCUT2D eigenvalue weighted by Gasteiger charge is 2.02. The Hall–Kier alpha value is -0.750. The van der Waals surface area contributed by atoms with Gasteiger partial charge < -0.3 is 9.88 Å². The molecule has 1 N–H and O–H groups in total. The van der Waals surface area contributed by atoms with E-state index in [0.717, 1.165) is 20.1 Å². The lowest BCUT2D eigenvalue weighted by Gasteiger charge is -2.08. The van der Waals surface area contributed by atoms with Crippen molar-refractivity contribution < 1.29 is 0 Å². The van der Waals surface area contributed by atoms with Crippen LogP contribution < -0.4 is 5.32 Å². The number of benzene rings is 1. The molecule has 0 bridgehead atoms. The molecule has 2 aromatic rings. The zero-order valence-corrected chi connectivity index (χ0v) is 11.7. The molecule has 3 nitrogen and oxygen atoms in total. The Morgan fingerprint density at radius 1 is 1.50 bits per heavy atom. The van der Waals surface area contributed by atoms with E-state index < -0.39 is 0 Å². The highest BCUT2D eigenvalue weighted by atomic mass is 127. The summed E-state index contributed by atoms with van der Waals surface area (Å²) in [6.07, 6.45) is 3.73. The van der Waals surface area contributed by atoms with Crippen LogP contribution in [0.3, 0.4) is 0 Å². The number of nitrogens with one attached hydrogen (secondary N) is 1. The summed E-state index contributed by atoms with van der Waals surface area (Å²) in [5, 5.41) is 4.09. The third-order valence-corrected chi connectivity index (χ3v) is 3.42. The summed E-state index contributed by atoms with van der Waals surface area (Å²) < 4.78 is 3.11. The van der Waals surface area contributed by atoms with E-state index in [9.17, 15) is 0 Å². The molecule has 0 amide bonds. The maximum absolute atomic E-state index is 5.89. The molecule has 0 saturated carbocycles. The molecule has 0 saturated heterocycles. The second-order valence-electron chi connectivity index (χ2n) is 3.43. The molecular formula is C11H11ClIN3. The summed E-state index contributed by atoms with van der Waals surface area (Å²) in [6, 6.07) is 5.79. The lowest BCUT2D eigenvalue weighted by molar-refractivity contribution is 0.812. The fourth-order valence-corrected chi connectivity index (χ4v) is 2.44. The molecular weight excluding hydrogens is 336 g/mol. The van der Waals surface area contributed by atoms with Gasteiger partial charge in [-0.05, 0) is 40.8 Å². The number of anilines is 1. The van der Waals surface area contributed by atoms with Crippen molar-refractivity contribution in [3.63, 3.8) is 0 Å². The molecule has 0 fully saturated rings. The van der Waals surface area contributed by atoms with Crippen LogP contribution in [-0.2, 0) is 13.6 Å². The minimum atomic E-state index is 0.709. The van der Waals surface area contributed by atoms with Gasteiger partial charge in [0, 0.05) is 33.7 Å². The van der Waals surface area contributed by atoms with Crippen LogP contribution in [0.2, 0.25) is 5.02 Å². The number of halogens is 2. The molecule has 0 atom stereocenters. The molecule has 2 rings (SSSR count). The Morgan fingerprint density at radius 2 is 2.31 bits per heavy atom. The van der Waals surface area contributed by atoms with Crippen LogP contribution in [0.1, 0.15) is 5.82 Å². The topological polar surface area (TPSA) is 29.9 Å². The second-order valence-corrected chi connectivity index (χ2v) is 5.03. The van der Waals surface area contributed by atoms with E-state index in [4.69, 9.17) is 11.6 Å². The normalized spacial score (nSPS) is 10.4. The number of rotatable bonds is 3. The van der Waals surface area contributed by atoms with Crippen LogP contribution in [0, 0.1) is 3.57 Å². The predicted octanol–water partition coefficient (Wildman–Crippen LogP) is 3.29. The van der Waals surface area contributed by atoms with Gasteiger partial charge >= 0.3 is 0 Å². The van der Waals surface area contributed by atoms with Crippen LogP contribution in [0.5, 0.6) is 0 Å². The van der Waals surface area contributed by atoms with Gasteiger partial charge in [-0.15, -0.1) is 0 Å². The van der Waals surface area contributed by atoms with Gasteiger partial charge in [0.15, 0.2) is 0 Å². The summed E-state index contributed by atoms with van der Waals surface area (Å²) in [5.74, 6) is 1.01. The molecule has 0 unspecified atom stereocenters. The summed E-state index contributed by atoms with van der Waals surface area (Å²) >= 11 is 8.15. The number of aromatic nitrogens is 2. The average molecular weight is 348 g/mol. The first kappa shape index (κ1) is 11.7. The van der Waals surface area contributed by atoms with Crippen molar-refractivity contribution in [3.8, 4) is 0 Å². The van der Waals surface area contributed by atoms with Crippen molar-refractivity contribution in [1.29, 1.82) is 0 Å². The first-order chi connectivity index (χ1) is 7.66. The Kier molecular flexibility index (Phi) is 3.70. The molecule has 1 aromatic heterocycles. The van der Waals surface area contributed by atoms with Crippen molar-refractivity contribution in [2.24, 2.45) is 7.05 Å². The maximum atomic E-state index is 5.89. The van der Waals surface area contributed by atoms with E-state index in [2.05, 4.69) is 32.9 Å². The number of nitrogens with zero attached hydrogens (tertiary/aromatic N) is 2. The molecule has 0 spiro atoms. The van der Waals surface area contributed by atoms with Gasteiger partial charge in [0.2, 0.25) is 0 Å². The second kappa shape index (κ2) is 5.05. The lowest BCUT2D eigenvalue weighted by atomic mass is 10.3. The number of imidazole rings is 1. The van der Waals surface area contributed by atoms with Crippen LogP contribution in [0.25, 0.3) is 0 Å². The van der Waals surface area contributed by atoms with E-state index in [1.54, 1.807) is 6.20 Å². The van der Waals surface area contributed by atoms with Gasteiger partial charge in [-0.2, -0.15) is 0 Å². The largest absolute Gasteiger partial charge is 0.377 e. The molecule has 0 aliphatic rings. The summed E-state index contributed by atoms with van der Waals surface area (Å²) in [6.45, 7) is 0.709. The fourth-order valence-electron chi connectivity index (χ4n) is 1.37. The number of hydrogen-bond donors (Lipinski definition) is 1. The van der Waals surface area contributed by atoms with E-state index in [0.29, 0.717) is 6.54 Å². The van der Waals surface area contributed by atoms with Crippen molar-refractivity contribution >= 4 is 39.9 Å². The third kappa shape index (κ3) is 2.68. The smallest absolute Gasteiger partial charge is 0.127 e. The molecule has 0 radical (unpaired) electrons. The van der Waals surface area contributed by atoms with Crippen molar-refractivity contribution in [2.45, 2.75) is 6.54 Å². The quantitative estimate of drug-likeness (QED) is 0.864. The van der Waals surface area contributed by atoms with Crippen LogP contribution in [-0.4, -0.2) is 9.55 Å². The lowest BCUT2D eigenvalue weighted by Crippen LogP contribution is -2.06. The molecule has 5 heteroatoms. The van der Waals surface area contributed by atoms with Crippen LogP contribution in [0.15, 0.2) is 30.6 Å². The van der Waals surface area contributed by atoms with Crippen LogP contribution in [0.4, 0.5) is 5.69 Å². The number of aryl methyl sites for hydroxylation is 1. The van der Waals surface area contributed by atoms with Crippen molar-refractivity contribution in [1.82, 2.24) is 9.55 Å². The molecule has 16 heavy (non-hydrogen) atoms. The van der Waals surface area contributed by atoms with Gasteiger partial charge in [0.25, 0.3) is 0 Å². The van der Waals surface area contributed by atoms with Gasteiger partial charge in [0.05, 0.1) is 6.54 Å². The first-order valence-electron chi connectivity index (χ1n) is 4.82. The predicted molar refractivity (Wildman–Crippen MR) is 74.7 cm³/mol. The molecule has 1 aromatic carbocycles. The SMILES string of the molecule is Cn1ccnc1CNc1ccc(Cl)cc1I. The van der Waals surface area contributed by atoms with Gasteiger partial charge in [-0.25, -0.2) is 4.98 Å². The minimum Gasteiger partial charge on any atom is -0.377 e. The average Bonchev–Trinajstić information content (AvgIpc) is 2.63. The van der Waals surface area contributed by atoms with E-state index >= 15 is 0 Å². The molecule has 1 heterocycles. The Morgan fingerprint density at radius 3 is 2.94 bits per heavy atom. The standard InChI is InChI=1S/C11H11ClIN3/c1-16-5-4-14-11(16)7-15-10-3-2-8(12)6-9(10)13/h2-6,15H,7H2,1H3. The van der Waals surface area contributed by atoms with Gasteiger partial charge in [-0.3, -0.25) is 0 Å². The highest BCUT2D eigenvalue weighted by Crippen LogP contribution is 2.22. The summed E-state index contributed by atoms with van der Waals surface area (Å²) in [5.41, 5.74) is 1.08. The Labute approximate surface area is 113 Å². The van der Waals surface area contributed by atoms with E-state index in [-0.39, 0.29) is 0 Å². The fraction of sp³-hybridized carbons (Fsp3) is 0.182. The van der Waals surface area contributed by atoms with Crippen LogP contribution >= 0.6 is 34.2 Å². The zero-order chi connectivity index (χ0) is 11.5. The van der Waals surface area contributed by atoms with E-state index in [1.165, 1.54) is 0 Å². The van der Waals surface area contributed by atoms with Gasteiger partial charge in [0.1, 0.15) is 5.82 Å². The number of hydrogen-bond acceptors (Lipinski definition) is 2. The summed E-state index contributed by atoms with van der Waals surface area (Å²) in [4.78, 5) is 4.25.